The monoisotopic (exact) mass is 328 g/mol. The van der Waals surface area contributed by atoms with Crippen LogP contribution in [0.3, 0.4) is 0 Å². The van der Waals surface area contributed by atoms with Crippen LogP contribution in [0.25, 0.3) is 0 Å². The van der Waals surface area contributed by atoms with Gasteiger partial charge in [0.2, 0.25) is 11.8 Å². The van der Waals surface area contributed by atoms with E-state index in [4.69, 9.17) is 0 Å². The van der Waals surface area contributed by atoms with Gasteiger partial charge in [-0.15, -0.1) is 0 Å². The highest BCUT2D eigenvalue weighted by Gasteiger charge is 2.34. The SMILES string of the molecule is O=C(NCc1ccccc1)C1CCC(=O)N(C2CCCCCC2)C1. The number of benzene rings is 1. The van der Waals surface area contributed by atoms with Crippen molar-refractivity contribution < 1.29 is 9.59 Å². The fraction of sp³-hybridized carbons (Fsp3) is 0.600. The molecule has 0 radical (unpaired) electrons. The fourth-order valence-corrected chi connectivity index (χ4v) is 3.94. The highest BCUT2D eigenvalue weighted by Crippen LogP contribution is 2.27. The zero-order valence-corrected chi connectivity index (χ0v) is 14.4. The van der Waals surface area contributed by atoms with Crippen LogP contribution in [0.4, 0.5) is 0 Å². The molecule has 1 atom stereocenters. The van der Waals surface area contributed by atoms with Gasteiger partial charge in [-0.2, -0.15) is 0 Å². The number of hydrogen-bond acceptors (Lipinski definition) is 2. The third-order valence-electron chi connectivity index (χ3n) is 5.39. The van der Waals surface area contributed by atoms with Crippen molar-refractivity contribution in [3.63, 3.8) is 0 Å². The third-order valence-corrected chi connectivity index (χ3v) is 5.39. The van der Waals surface area contributed by atoms with Gasteiger partial charge >= 0.3 is 0 Å². The summed E-state index contributed by atoms with van der Waals surface area (Å²) in [7, 11) is 0. The second-order valence-corrected chi connectivity index (χ2v) is 7.13. The number of nitrogens with one attached hydrogen (secondary N) is 1. The molecule has 1 aromatic rings. The maximum absolute atomic E-state index is 12.5. The molecule has 1 heterocycles. The van der Waals surface area contributed by atoms with Gasteiger partial charge < -0.3 is 10.2 Å². The molecule has 1 saturated carbocycles. The molecular weight excluding hydrogens is 300 g/mol. The molecule has 0 spiro atoms. The number of amides is 2. The fourth-order valence-electron chi connectivity index (χ4n) is 3.94. The Morgan fingerprint density at radius 2 is 1.75 bits per heavy atom. The maximum Gasteiger partial charge on any atom is 0.225 e. The van der Waals surface area contributed by atoms with Crippen molar-refractivity contribution >= 4 is 11.8 Å². The van der Waals surface area contributed by atoms with Gasteiger partial charge in [0.25, 0.3) is 0 Å². The number of rotatable bonds is 4. The lowest BCUT2D eigenvalue weighted by Crippen LogP contribution is -2.49. The normalized spacial score (nSPS) is 22.9. The minimum atomic E-state index is -0.0605. The Kier molecular flexibility index (Phi) is 5.89. The van der Waals surface area contributed by atoms with Crippen molar-refractivity contribution in [2.45, 2.75) is 64.0 Å². The maximum atomic E-state index is 12.5. The third kappa shape index (κ3) is 4.37. The molecule has 1 aromatic carbocycles. The van der Waals surface area contributed by atoms with Crippen molar-refractivity contribution in [1.29, 1.82) is 0 Å². The average molecular weight is 328 g/mol. The summed E-state index contributed by atoms with van der Waals surface area (Å²) >= 11 is 0. The van der Waals surface area contributed by atoms with Crippen LogP contribution >= 0.6 is 0 Å². The van der Waals surface area contributed by atoms with Crippen LogP contribution in [0.1, 0.15) is 56.9 Å². The lowest BCUT2D eigenvalue weighted by atomic mass is 9.93. The summed E-state index contributed by atoms with van der Waals surface area (Å²) in [5, 5.41) is 3.04. The topological polar surface area (TPSA) is 49.4 Å². The predicted octanol–water partition coefficient (Wildman–Crippen LogP) is 3.26. The van der Waals surface area contributed by atoms with Crippen molar-refractivity contribution in [3.8, 4) is 0 Å². The van der Waals surface area contributed by atoms with E-state index in [9.17, 15) is 9.59 Å². The van der Waals surface area contributed by atoms with Gasteiger partial charge in [0.15, 0.2) is 0 Å². The Labute approximate surface area is 144 Å². The summed E-state index contributed by atoms with van der Waals surface area (Å²) in [5.41, 5.74) is 1.11. The summed E-state index contributed by atoms with van der Waals surface area (Å²) in [4.78, 5) is 26.9. The summed E-state index contributed by atoms with van der Waals surface area (Å²) in [5.74, 6) is 0.272. The summed E-state index contributed by atoms with van der Waals surface area (Å²) < 4.78 is 0. The largest absolute Gasteiger partial charge is 0.352 e. The second-order valence-electron chi connectivity index (χ2n) is 7.13. The van der Waals surface area contributed by atoms with E-state index in [-0.39, 0.29) is 17.7 Å². The van der Waals surface area contributed by atoms with Crippen molar-refractivity contribution in [3.05, 3.63) is 35.9 Å². The van der Waals surface area contributed by atoms with Gasteiger partial charge in [0, 0.05) is 25.6 Å². The number of nitrogens with zero attached hydrogens (tertiary/aromatic N) is 1. The van der Waals surface area contributed by atoms with E-state index in [1.54, 1.807) is 0 Å². The highest BCUT2D eigenvalue weighted by atomic mass is 16.2. The summed E-state index contributed by atoms with van der Waals surface area (Å²) in [6.45, 7) is 1.16. The van der Waals surface area contributed by atoms with Crippen molar-refractivity contribution in [2.75, 3.05) is 6.54 Å². The zero-order valence-electron chi connectivity index (χ0n) is 14.4. The van der Waals surface area contributed by atoms with Gasteiger partial charge in [-0.1, -0.05) is 56.0 Å². The van der Waals surface area contributed by atoms with Gasteiger partial charge in [0.1, 0.15) is 0 Å². The van der Waals surface area contributed by atoms with Crippen LogP contribution in [0.15, 0.2) is 30.3 Å². The quantitative estimate of drug-likeness (QED) is 0.863. The molecule has 2 fully saturated rings. The van der Waals surface area contributed by atoms with Gasteiger partial charge in [0.05, 0.1) is 5.92 Å². The van der Waals surface area contributed by atoms with Crippen molar-refractivity contribution in [2.24, 2.45) is 5.92 Å². The molecule has 1 N–H and O–H groups in total. The molecule has 1 unspecified atom stereocenters. The van der Waals surface area contributed by atoms with Gasteiger partial charge in [-0.05, 0) is 24.8 Å². The second kappa shape index (κ2) is 8.32. The first kappa shape index (κ1) is 17.0. The molecule has 4 nitrogen and oxygen atoms in total. The molecule has 0 aromatic heterocycles. The molecule has 3 rings (SSSR count). The Morgan fingerprint density at radius 1 is 1.04 bits per heavy atom. The molecule has 24 heavy (non-hydrogen) atoms. The molecule has 0 bridgehead atoms. The lowest BCUT2D eigenvalue weighted by Gasteiger charge is -2.37. The Bertz CT molecular complexity index is 550. The molecule has 2 aliphatic rings. The Morgan fingerprint density at radius 3 is 2.46 bits per heavy atom. The smallest absolute Gasteiger partial charge is 0.225 e. The van der Waals surface area contributed by atoms with E-state index in [0.717, 1.165) is 18.4 Å². The number of carbonyl (C=O) groups is 2. The van der Waals surface area contributed by atoms with E-state index in [1.807, 2.05) is 35.2 Å². The van der Waals surface area contributed by atoms with Crippen LogP contribution in [0.5, 0.6) is 0 Å². The lowest BCUT2D eigenvalue weighted by molar-refractivity contribution is -0.141. The molecule has 1 saturated heterocycles. The molecule has 2 amide bonds. The highest BCUT2D eigenvalue weighted by molar-refractivity contribution is 5.84. The van der Waals surface area contributed by atoms with E-state index < -0.39 is 0 Å². The van der Waals surface area contributed by atoms with Crippen LogP contribution in [-0.2, 0) is 16.1 Å². The van der Waals surface area contributed by atoms with E-state index in [1.165, 1.54) is 25.7 Å². The van der Waals surface area contributed by atoms with Gasteiger partial charge in [-0.25, -0.2) is 0 Å². The average Bonchev–Trinajstić information content (AvgIpc) is 2.90. The summed E-state index contributed by atoms with van der Waals surface area (Å²) in [6, 6.07) is 10.3. The summed E-state index contributed by atoms with van der Waals surface area (Å²) in [6.07, 6.45) is 8.37. The van der Waals surface area contributed by atoms with Gasteiger partial charge in [-0.3, -0.25) is 9.59 Å². The minimum Gasteiger partial charge on any atom is -0.352 e. The number of likely N-dealkylation sites (tertiary alicyclic amines) is 1. The Balaban J connectivity index is 1.55. The molecule has 1 aliphatic heterocycles. The van der Waals surface area contributed by atoms with E-state index in [0.29, 0.717) is 32.0 Å². The predicted molar refractivity (Wildman–Crippen MR) is 94.2 cm³/mol. The standard InChI is InChI=1S/C20H28N2O2/c23-19-13-12-17(15-22(19)18-10-6-1-2-7-11-18)20(24)21-14-16-8-4-3-5-9-16/h3-5,8-9,17-18H,1-2,6-7,10-15H2,(H,21,24). The number of piperidine rings is 1. The molecular formula is C20H28N2O2. The Hall–Kier alpha value is -1.84. The van der Waals surface area contributed by atoms with E-state index in [2.05, 4.69) is 5.32 Å². The van der Waals surface area contributed by atoms with Crippen LogP contribution in [0, 0.1) is 5.92 Å². The molecule has 1 aliphatic carbocycles. The van der Waals surface area contributed by atoms with Crippen molar-refractivity contribution in [1.82, 2.24) is 10.2 Å². The zero-order chi connectivity index (χ0) is 16.8. The first-order valence-corrected chi connectivity index (χ1v) is 9.35. The first-order valence-electron chi connectivity index (χ1n) is 9.35. The first-order chi connectivity index (χ1) is 11.7. The number of hydrogen-bond donors (Lipinski definition) is 1. The molecule has 130 valence electrons. The van der Waals surface area contributed by atoms with Crippen LogP contribution < -0.4 is 5.32 Å². The van der Waals surface area contributed by atoms with Crippen LogP contribution in [-0.4, -0.2) is 29.3 Å². The number of carbonyl (C=O) groups excluding carboxylic acids is 2. The van der Waals surface area contributed by atoms with Crippen LogP contribution in [0.2, 0.25) is 0 Å². The minimum absolute atomic E-state index is 0.0605. The molecule has 4 heteroatoms. The van der Waals surface area contributed by atoms with E-state index >= 15 is 0 Å².